The minimum atomic E-state index is 0.426. The van der Waals surface area contributed by atoms with E-state index in [1.807, 2.05) is 11.6 Å². The molecule has 1 aromatic heterocycles. The quantitative estimate of drug-likeness (QED) is 0.651. The van der Waals surface area contributed by atoms with Gasteiger partial charge in [-0.3, -0.25) is 0 Å². The first-order chi connectivity index (χ1) is 10.0. The lowest BCUT2D eigenvalue weighted by Crippen LogP contribution is -2.13. The van der Waals surface area contributed by atoms with E-state index in [4.69, 9.17) is 4.74 Å². The van der Waals surface area contributed by atoms with E-state index in [2.05, 4.69) is 67.9 Å². The molecular formula is C15H19Br2N3O. The molecule has 2 aromatic rings. The third-order valence-electron chi connectivity index (χ3n) is 3.04. The standard InChI is InChI=1S/C15H19Br2N3O/c1-10(2)7-20-14(18-9-19-20)8-21-15-11(3)4-13(17)5-12(15)6-16/h4-5,9-10H,6-8H2,1-3H3. The molecule has 4 nitrogen and oxygen atoms in total. The summed E-state index contributed by atoms with van der Waals surface area (Å²) in [7, 11) is 0. The van der Waals surface area contributed by atoms with Gasteiger partial charge in [0.1, 0.15) is 18.7 Å². The number of alkyl halides is 1. The molecule has 0 aliphatic heterocycles. The SMILES string of the molecule is Cc1cc(Br)cc(CBr)c1OCc1ncnn1CC(C)C. The molecule has 0 bridgehead atoms. The van der Waals surface area contributed by atoms with E-state index >= 15 is 0 Å². The zero-order valence-corrected chi connectivity index (χ0v) is 15.6. The Labute approximate surface area is 142 Å². The van der Waals surface area contributed by atoms with E-state index in [0.29, 0.717) is 12.5 Å². The normalized spacial score (nSPS) is 11.1. The van der Waals surface area contributed by atoms with Gasteiger partial charge in [0.2, 0.25) is 0 Å². The molecule has 0 saturated carbocycles. The monoisotopic (exact) mass is 415 g/mol. The zero-order valence-electron chi connectivity index (χ0n) is 12.4. The fourth-order valence-corrected chi connectivity index (χ4v) is 3.18. The van der Waals surface area contributed by atoms with Crippen LogP contribution in [0.15, 0.2) is 22.9 Å². The minimum absolute atomic E-state index is 0.426. The van der Waals surface area contributed by atoms with Crippen molar-refractivity contribution in [2.24, 2.45) is 5.92 Å². The van der Waals surface area contributed by atoms with Crippen molar-refractivity contribution in [1.82, 2.24) is 14.8 Å². The van der Waals surface area contributed by atoms with Gasteiger partial charge in [0.25, 0.3) is 0 Å². The molecule has 0 fully saturated rings. The Morgan fingerprint density at radius 2 is 2.10 bits per heavy atom. The molecule has 114 valence electrons. The molecular weight excluding hydrogens is 398 g/mol. The summed E-state index contributed by atoms with van der Waals surface area (Å²) in [6, 6.07) is 4.12. The van der Waals surface area contributed by atoms with E-state index in [1.54, 1.807) is 6.33 Å². The van der Waals surface area contributed by atoms with Crippen LogP contribution in [0.25, 0.3) is 0 Å². The molecule has 0 saturated heterocycles. The van der Waals surface area contributed by atoms with Gasteiger partial charge in [0, 0.05) is 21.9 Å². The summed E-state index contributed by atoms with van der Waals surface area (Å²) in [5, 5.41) is 5.01. The van der Waals surface area contributed by atoms with E-state index in [-0.39, 0.29) is 0 Å². The number of benzene rings is 1. The fraction of sp³-hybridized carbons (Fsp3) is 0.467. The van der Waals surface area contributed by atoms with Crippen LogP contribution in [0.4, 0.5) is 0 Å². The summed E-state index contributed by atoms with van der Waals surface area (Å²) in [6.45, 7) is 7.64. The summed E-state index contributed by atoms with van der Waals surface area (Å²) in [4.78, 5) is 4.29. The minimum Gasteiger partial charge on any atom is -0.485 e. The Morgan fingerprint density at radius 3 is 2.76 bits per heavy atom. The van der Waals surface area contributed by atoms with Gasteiger partial charge >= 0.3 is 0 Å². The second-order valence-corrected chi connectivity index (χ2v) is 6.86. The molecule has 1 heterocycles. The number of rotatable bonds is 6. The molecule has 6 heteroatoms. The summed E-state index contributed by atoms with van der Waals surface area (Å²) < 4.78 is 8.98. The van der Waals surface area contributed by atoms with Crippen molar-refractivity contribution < 1.29 is 4.74 Å². The van der Waals surface area contributed by atoms with E-state index < -0.39 is 0 Å². The first kappa shape index (κ1) is 16.5. The summed E-state index contributed by atoms with van der Waals surface area (Å²) in [5.74, 6) is 2.29. The van der Waals surface area contributed by atoms with Gasteiger partial charge in [-0.05, 0) is 30.5 Å². The van der Waals surface area contributed by atoms with Gasteiger partial charge in [-0.25, -0.2) is 9.67 Å². The maximum atomic E-state index is 6.01. The van der Waals surface area contributed by atoms with E-state index in [9.17, 15) is 0 Å². The summed E-state index contributed by atoms with van der Waals surface area (Å²) in [6.07, 6.45) is 1.58. The predicted molar refractivity (Wildman–Crippen MR) is 90.7 cm³/mol. The van der Waals surface area contributed by atoms with Crippen LogP contribution in [0.3, 0.4) is 0 Å². The molecule has 21 heavy (non-hydrogen) atoms. The van der Waals surface area contributed by atoms with Crippen molar-refractivity contribution in [2.45, 2.75) is 39.3 Å². The van der Waals surface area contributed by atoms with Crippen LogP contribution in [0.2, 0.25) is 0 Å². The van der Waals surface area contributed by atoms with Crippen LogP contribution in [0, 0.1) is 12.8 Å². The molecule has 0 unspecified atom stereocenters. The molecule has 1 aromatic carbocycles. The number of aryl methyl sites for hydroxylation is 1. The largest absolute Gasteiger partial charge is 0.485 e. The van der Waals surface area contributed by atoms with Crippen LogP contribution in [-0.2, 0) is 18.5 Å². The van der Waals surface area contributed by atoms with Gasteiger partial charge in [-0.1, -0.05) is 45.7 Å². The third kappa shape index (κ3) is 4.30. The van der Waals surface area contributed by atoms with Crippen molar-refractivity contribution in [1.29, 1.82) is 0 Å². The lowest BCUT2D eigenvalue weighted by Gasteiger charge is -2.14. The highest BCUT2D eigenvalue weighted by Crippen LogP contribution is 2.30. The van der Waals surface area contributed by atoms with E-state index in [0.717, 1.165) is 39.0 Å². The smallest absolute Gasteiger partial charge is 0.164 e. The summed E-state index contributed by atoms with van der Waals surface area (Å²) >= 11 is 7.02. The first-order valence-electron chi connectivity index (χ1n) is 6.85. The molecule has 0 aliphatic rings. The number of nitrogens with zero attached hydrogens (tertiary/aromatic N) is 3. The Kier molecular flexibility index (Phi) is 5.81. The fourth-order valence-electron chi connectivity index (χ4n) is 2.14. The van der Waals surface area contributed by atoms with Crippen LogP contribution >= 0.6 is 31.9 Å². The Bertz CT molecular complexity index is 611. The van der Waals surface area contributed by atoms with Crippen LogP contribution in [0.1, 0.15) is 30.8 Å². The number of aromatic nitrogens is 3. The van der Waals surface area contributed by atoms with Gasteiger partial charge < -0.3 is 4.74 Å². The number of halogens is 2. The van der Waals surface area contributed by atoms with Crippen LogP contribution in [0.5, 0.6) is 5.75 Å². The van der Waals surface area contributed by atoms with Crippen molar-refractivity contribution in [3.05, 3.63) is 39.9 Å². The van der Waals surface area contributed by atoms with Crippen molar-refractivity contribution in [3.63, 3.8) is 0 Å². The second kappa shape index (κ2) is 7.40. The molecule has 0 aliphatic carbocycles. The van der Waals surface area contributed by atoms with Gasteiger partial charge in [0.05, 0.1) is 0 Å². The highest BCUT2D eigenvalue weighted by Gasteiger charge is 2.11. The number of ether oxygens (including phenoxy) is 1. The average molecular weight is 417 g/mol. The van der Waals surface area contributed by atoms with Gasteiger partial charge in [-0.2, -0.15) is 5.10 Å². The number of hydrogen-bond donors (Lipinski definition) is 0. The van der Waals surface area contributed by atoms with Crippen molar-refractivity contribution in [3.8, 4) is 5.75 Å². The molecule has 0 radical (unpaired) electrons. The highest BCUT2D eigenvalue weighted by atomic mass is 79.9. The first-order valence-corrected chi connectivity index (χ1v) is 8.77. The maximum absolute atomic E-state index is 6.01. The molecule has 2 rings (SSSR count). The molecule has 0 spiro atoms. The molecule has 0 amide bonds. The molecule has 0 atom stereocenters. The topological polar surface area (TPSA) is 39.9 Å². The summed E-state index contributed by atoms with van der Waals surface area (Å²) in [5.41, 5.74) is 2.23. The highest BCUT2D eigenvalue weighted by molar-refractivity contribution is 9.10. The second-order valence-electron chi connectivity index (χ2n) is 5.39. The van der Waals surface area contributed by atoms with Crippen LogP contribution in [-0.4, -0.2) is 14.8 Å². The maximum Gasteiger partial charge on any atom is 0.164 e. The predicted octanol–water partition coefficient (Wildman–Crippen LogP) is 4.48. The lowest BCUT2D eigenvalue weighted by atomic mass is 10.1. The Morgan fingerprint density at radius 1 is 1.33 bits per heavy atom. The van der Waals surface area contributed by atoms with Crippen molar-refractivity contribution >= 4 is 31.9 Å². The number of hydrogen-bond acceptors (Lipinski definition) is 3. The van der Waals surface area contributed by atoms with Crippen molar-refractivity contribution in [2.75, 3.05) is 0 Å². The third-order valence-corrected chi connectivity index (χ3v) is 4.10. The van der Waals surface area contributed by atoms with Gasteiger partial charge in [-0.15, -0.1) is 0 Å². The average Bonchev–Trinajstić information content (AvgIpc) is 2.83. The van der Waals surface area contributed by atoms with E-state index in [1.165, 1.54) is 0 Å². The Balaban J connectivity index is 2.15. The molecule has 0 N–H and O–H groups in total. The van der Waals surface area contributed by atoms with Crippen LogP contribution < -0.4 is 4.74 Å². The lowest BCUT2D eigenvalue weighted by molar-refractivity contribution is 0.279. The Hall–Kier alpha value is -0.880. The van der Waals surface area contributed by atoms with Gasteiger partial charge in [0.15, 0.2) is 5.82 Å². The zero-order chi connectivity index (χ0) is 15.4.